The lowest BCUT2D eigenvalue weighted by Gasteiger charge is -2.07. The summed E-state index contributed by atoms with van der Waals surface area (Å²) in [5.41, 5.74) is 5.47. The van der Waals surface area contributed by atoms with E-state index < -0.39 is 0 Å². The Bertz CT molecular complexity index is 1190. The van der Waals surface area contributed by atoms with Crippen LogP contribution >= 0.6 is 0 Å². The number of benzene rings is 1. The molecule has 30 heavy (non-hydrogen) atoms. The van der Waals surface area contributed by atoms with Gasteiger partial charge in [0.05, 0.1) is 23.3 Å². The number of pyridine rings is 1. The van der Waals surface area contributed by atoms with Crippen LogP contribution in [0.2, 0.25) is 0 Å². The number of rotatable bonds is 5. The van der Waals surface area contributed by atoms with E-state index in [4.69, 9.17) is 4.98 Å². The third-order valence-electron chi connectivity index (χ3n) is 5.09. The van der Waals surface area contributed by atoms with Crippen molar-refractivity contribution in [3.63, 3.8) is 0 Å². The zero-order valence-corrected chi connectivity index (χ0v) is 17.9. The highest BCUT2D eigenvalue weighted by Crippen LogP contribution is 2.34. The molecule has 1 N–H and O–H groups in total. The van der Waals surface area contributed by atoms with Gasteiger partial charge in [0.2, 0.25) is 0 Å². The average Bonchev–Trinajstić information content (AvgIpc) is 3.36. The minimum atomic E-state index is -0.281. The molecule has 1 aromatic carbocycles. The highest BCUT2D eigenvalue weighted by Gasteiger charge is 2.19. The fourth-order valence-electron chi connectivity index (χ4n) is 3.39. The average molecular weight is 404 g/mol. The largest absolute Gasteiger partial charge is 0.340 e. The monoisotopic (exact) mass is 403 g/mol. The van der Waals surface area contributed by atoms with Gasteiger partial charge >= 0.3 is 0 Å². The zero-order chi connectivity index (χ0) is 21.4. The summed E-state index contributed by atoms with van der Waals surface area (Å²) in [6.07, 6.45) is 3.58. The lowest BCUT2D eigenvalue weighted by atomic mass is 10.0. The molecule has 0 aliphatic rings. The van der Waals surface area contributed by atoms with Gasteiger partial charge in [-0.05, 0) is 51.1 Å². The molecule has 4 aromatic rings. The van der Waals surface area contributed by atoms with Crippen LogP contribution in [-0.4, -0.2) is 24.7 Å². The topological polar surface area (TPSA) is 59.4 Å². The van der Waals surface area contributed by atoms with Crippen LogP contribution in [0.5, 0.6) is 0 Å². The number of aromatic amines is 1. The van der Waals surface area contributed by atoms with Crippen molar-refractivity contribution >= 4 is 0 Å². The van der Waals surface area contributed by atoms with Crippen molar-refractivity contribution in [2.24, 2.45) is 0 Å². The number of halogens is 1. The lowest BCUT2D eigenvalue weighted by Crippen LogP contribution is -1.99. The Morgan fingerprint density at radius 2 is 1.80 bits per heavy atom. The van der Waals surface area contributed by atoms with E-state index in [1.807, 2.05) is 55.9 Å². The number of imidazole rings is 1. The third-order valence-corrected chi connectivity index (χ3v) is 5.09. The molecule has 0 saturated heterocycles. The molecule has 0 saturated carbocycles. The molecule has 6 heteroatoms. The third kappa shape index (κ3) is 3.77. The predicted molar refractivity (Wildman–Crippen MR) is 118 cm³/mol. The van der Waals surface area contributed by atoms with Gasteiger partial charge in [-0.2, -0.15) is 5.10 Å². The highest BCUT2D eigenvalue weighted by atomic mass is 19.1. The SMILES string of the molecule is Cc1cccc(-c2[nH]c(C(C)C)nc2-c2ccc(F)c(-c3cnn(C(C)C)c3)c2)n1. The summed E-state index contributed by atoms with van der Waals surface area (Å²) in [4.78, 5) is 12.9. The summed E-state index contributed by atoms with van der Waals surface area (Å²) in [5, 5.41) is 4.36. The standard InChI is InChI=1S/C24H26FN5/c1-14(2)24-28-22(23(29-24)21-8-6-7-16(5)27-21)17-9-10-20(25)19(11-17)18-12-26-30(13-18)15(3)4/h6-15H,1-5H3,(H,28,29). The van der Waals surface area contributed by atoms with Gasteiger partial charge in [0, 0.05) is 40.5 Å². The van der Waals surface area contributed by atoms with E-state index in [2.05, 4.69) is 28.9 Å². The molecule has 154 valence electrons. The van der Waals surface area contributed by atoms with Crippen molar-refractivity contribution in [1.29, 1.82) is 0 Å². The molecular formula is C24H26FN5. The summed E-state index contributed by atoms with van der Waals surface area (Å²) in [7, 11) is 0. The van der Waals surface area contributed by atoms with Crippen LogP contribution in [0, 0.1) is 12.7 Å². The quantitative estimate of drug-likeness (QED) is 0.434. The second-order valence-corrected chi connectivity index (χ2v) is 8.16. The highest BCUT2D eigenvalue weighted by molar-refractivity contribution is 5.80. The van der Waals surface area contributed by atoms with Gasteiger partial charge in [0.15, 0.2) is 0 Å². The van der Waals surface area contributed by atoms with Crippen molar-refractivity contribution in [2.45, 2.75) is 46.6 Å². The van der Waals surface area contributed by atoms with Crippen LogP contribution in [0.1, 0.15) is 51.2 Å². The van der Waals surface area contributed by atoms with Crippen LogP contribution in [0.4, 0.5) is 4.39 Å². The molecule has 0 radical (unpaired) electrons. The van der Waals surface area contributed by atoms with E-state index in [0.717, 1.165) is 39.7 Å². The minimum Gasteiger partial charge on any atom is -0.340 e. The summed E-state index contributed by atoms with van der Waals surface area (Å²) < 4.78 is 16.5. The number of H-pyrrole nitrogens is 1. The Kier molecular flexibility index (Phi) is 5.24. The Hall–Kier alpha value is -3.28. The molecule has 3 heterocycles. The first-order chi connectivity index (χ1) is 14.3. The zero-order valence-electron chi connectivity index (χ0n) is 17.9. The Balaban J connectivity index is 1.86. The second-order valence-electron chi connectivity index (χ2n) is 8.16. The normalized spacial score (nSPS) is 11.6. The molecule has 0 aliphatic carbocycles. The predicted octanol–water partition coefficient (Wildman–Crippen LogP) is 6.15. The van der Waals surface area contributed by atoms with E-state index in [1.165, 1.54) is 6.07 Å². The van der Waals surface area contributed by atoms with Gasteiger partial charge in [-0.15, -0.1) is 0 Å². The van der Waals surface area contributed by atoms with E-state index in [1.54, 1.807) is 12.3 Å². The molecule has 0 aliphatic heterocycles. The lowest BCUT2D eigenvalue weighted by molar-refractivity contribution is 0.532. The molecule has 3 aromatic heterocycles. The molecule has 0 amide bonds. The summed E-state index contributed by atoms with van der Waals surface area (Å²) in [6.45, 7) is 10.2. The summed E-state index contributed by atoms with van der Waals surface area (Å²) in [6, 6.07) is 11.2. The van der Waals surface area contributed by atoms with Crippen LogP contribution < -0.4 is 0 Å². The molecule has 5 nitrogen and oxygen atoms in total. The maximum absolute atomic E-state index is 14.7. The molecule has 0 spiro atoms. The van der Waals surface area contributed by atoms with Crippen molar-refractivity contribution < 1.29 is 4.39 Å². The molecule has 0 atom stereocenters. The van der Waals surface area contributed by atoms with Crippen molar-refractivity contribution in [3.8, 4) is 33.8 Å². The maximum Gasteiger partial charge on any atom is 0.131 e. The first-order valence-electron chi connectivity index (χ1n) is 10.2. The number of aryl methyl sites for hydroxylation is 1. The van der Waals surface area contributed by atoms with E-state index >= 15 is 0 Å². The molecule has 0 unspecified atom stereocenters. The van der Waals surface area contributed by atoms with E-state index in [0.29, 0.717) is 5.56 Å². The van der Waals surface area contributed by atoms with Crippen LogP contribution in [0.25, 0.3) is 33.8 Å². The van der Waals surface area contributed by atoms with E-state index in [9.17, 15) is 4.39 Å². The number of hydrogen-bond acceptors (Lipinski definition) is 3. The van der Waals surface area contributed by atoms with Crippen molar-refractivity contribution in [1.82, 2.24) is 24.7 Å². The van der Waals surface area contributed by atoms with Crippen LogP contribution in [-0.2, 0) is 0 Å². The summed E-state index contributed by atoms with van der Waals surface area (Å²) >= 11 is 0. The van der Waals surface area contributed by atoms with E-state index in [-0.39, 0.29) is 17.8 Å². The maximum atomic E-state index is 14.7. The minimum absolute atomic E-state index is 0.212. The van der Waals surface area contributed by atoms with Crippen molar-refractivity contribution in [2.75, 3.05) is 0 Å². The van der Waals surface area contributed by atoms with Crippen molar-refractivity contribution in [3.05, 3.63) is 66.1 Å². The van der Waals surface area contributed by atoms with Gasteiger partial charge in [-0.3, -0.25) is 9.67 Å². The Morgan fingerprint density at radius 3 is 2.47 bits per heavy atom. The van der Waals surface area contributed by atoms with Crippen LogP contribution in [0.3, 0.4) is 0 Å². The number of hydrogen-bond donors (Lipinski definition) is 1. The molecule has 4 rings (SSSR count). The Morgan fingerprint density at radius 1 is 1.00 bits per heavy atom. The van der Waals surface area contributed by atoms with Gasteiger partial charge in [-0.1, -0.05) is 19.9 Å². The molecular weight excluding hydrogens is 377 g/mol. The first-order valence-corrected chi connectivity index (χ1v) is 10.2. The fourth-order valence-corrected chi connectivity index (χ4v) is 3.39. The molecule has 0 bridgehead atoms. The second kappa shape index (κ2) is 7.86. The van der Waals surface area contributed by atoms with Gasteiger partial charge in [0.25, 0.3) is 0 Å². The number of nitrogens with zero attached hydrogens (tertiary/aromatic N) is 4. The van der Waals surface area contributed by atoms with Crippen LogP contribution in [0.15, 0.2) is 48.8 Å². The summed E-state index contributed by atoms with van der Waals surface area (Å²) in [5.74, 6) is 0.824. The van der Waals surface area contributed by atoms with Gasteiger partial charge < -0.3 is 4.98 Å². The number of nitrogens with one attached hydrogen (secondary N) is 1. The van der Waals surface area contributed by atoms with Gasteiger partial charge in [0.1, 0.15) is 11.6 Å². The van der Waals surface area contributed by atoms with Gasteiger partial charge in [-0.25, -0.2) is 9.37 Å². The first kappa shape index (κ1) is 20.0. The fraction of sp³-hybridized carbons (Fsp3) is 0.292. The molecule has 0 fully saturated rings. The Labute approximate surface area is 176 Å². The smallest absolute Gasteiger partial charge is 0.131 e. The number of aromatic nitrogens is 5.